The number of hydrogen-bond donors (Lipinski definition) is 2. The SMILES string of the molecule is Cc1ccccc1NC(=O)NC1CC2CCCC(C1)N2C1CC1. The fourth-order valence-corrected chi connectivity index (χ4v) is 4.56. The molecule has 3 aliphatic rings. The molecule has 2 unspecified atom stereocenters. The number of para-hydroxylation sites is 1. The van der Waals surface area contributed by atoms with E-state index in [2.05, 4.69) is 15.5 Å². The van der Waals surface area contributed by atoms with E-state index in [1.165, 1.54) is 32.1 Å². The molecule has 23 heavy (non-hydrogen) atoms. The number of anilines is 1. The van der Waals surface area contributed by atoms with Crippen LogP contribution in [0.3, 0.4) is 0 Å². The summed E-state index contributed by atoms with van der Waals surface area (Å²) in [6, 6.07) is 10.4. The Labute approximate surface area is 138 Å². The van der Waals surface area contributed by atoms with Gasteiger partial charge in [-0.05, 0) is 57.1 Å². The van der Waals surface area contributed by atoms with Crippen LogP contribution in [0.15, 0.2) is 24.3 Å². The molecule has 2 bridgehead atoms. The topological polar surface area (TPSA) is 44.4 Å². The van der Waals surface area contributed by atoms with Crippen molar-refractivity contribution in [2.24, 2.45) is 0 Å². The zero-order chi connectivity index (χ0) is 15.8. The molecule has 2 heterocycles. The number of fused-ring (bicyclic) bond motifs is 2. The Hall–Kier alpha value is -1.55. The number of hydrogen-bond acceptors (Lipinski definition) is 2. The minimum Gasteiger partial charge on any atom is -0.335 e. The summed E-state index contributed by atoms with van der Waals surface area (Å²) in [4.78, 5) is 15.1. The Balaban J connectivity index is 1.36. The molecule has 2 aliphatic heterocycles. The lowest BCUT2D eigenvalue weighted by atomic mass is 9.81. The fourth-order valence-electron chi connectivity index (χ4n) is 4.56. The highest BCUT2D eigenvalue weighted by Crippen LogP contribution is 2.41. The molecule has 1 aromatic carbocycles. The average Bonchev–Trinajstić information content (AvgIpc) is 3.33. The number of rotatable bonds is 3. The van der Waals surface area contributed by atoms with Crippen LogP contribution in [-0.4, -0.2) is 35.1 Å². The van der Waals surface area contributed by atoms with Gasteiger partial charge in [-0.2, -0.15) is 0 Å². The van der Waals surface area contributed by atoms with Crippen molar-refractivity contribution in [1.82, 2.24) is 10.2 Å². The van der Waals surface area contributed by atoms with Crippen molar-refractivity contribution in [2.45, 2.75) is 76.0 Å². The number of nitrogens with zero attached hydrogens (tertiary/aromatic N) is 1. The molecule has 1 aromatic rings. The summed E-state index contributed by atoms with van der Waals surface area (Å²) in [6.45, 7) is 2.02. The lowest BCUT2D eigenvalue weighted by molar-refractivity contribution is 0.0198. The number of carbonyl (C=O) groups excluding carboxylic acids is 1. The summed E-state index contributed by atoms with van der Waals surface area (Å²) in [5.74, 6) is 0. The second-order valence-electron chi connectivity index (χ2n) is 7.50. The predicted octanol–water partition coefficient (Wildman–Crippen LogP) is 3.66. The van der Waals surface area contributed by atoms with Gasteiger partial charge >= 0.3 is 6.03 Å². The summed E-state index contributed by atoms with van der Waals surface area (Å²) < 4.78 is 0. The van der Waals surface area contributed by atoms with Crippen molar-refractivity contribution in [3.05, 3.63) is 29.8 Å². The average molecular weight is 313 g/mol. The number of benzene rings is 1. The van der Waals surface area contributed by atoms with Crippen molar-refractivity contribution in [3.63, 3.8) is 0 Å². The first-order chi connectivity index (χ1) is 11.2. The number of urea groups is 1. The lowest BCUT2D eigenvalue weighted by Crippen LogP contribution is -2.58. The molecular formula is C19H27N3O. The van der Waals surface area contributed by atoms with Gasteiger partial charge in [0, 0.05) is 29.9 Å². The molecule has 4 nitrogen and oxygen atoms in total. The molecule has 4 heteroatoms. The van der Waals surface area contributed by atoms with Crippen LogP contribution in [0.4, 0.5) is 10.5 Å². The molecule has 2 amide bonds. The van der Waals surface area contributed by atoms with E-state index in [9.17, 15) is 4.79 Å². The number of carbonyl (C=O) groups is 1. The van der Waals surface area contributed by atoms with Crippen molar-refractivity contribution in [1.29, 1.82) is 0 Å². The second kappa shape index (κ2) is 6.16. The Bertz CT molecular complexity index is 570. The molecule has 4 rings (SSSR count). The first-order valence-electron chi connectivity index (χ1n) is 9.11. The van der Waals surface area contributed by atoms with Crippen LogP contribution in [0.25, 0.3) is 0 Å². The standard InChI is InChI=1S/C19H27N3O/c1-13-5-2-3-8-18(13)21-19(23)20-14-11-16-6-4-7-17(12-14)22(16)15-9-10-15/h2-3,5,8,14-17H,4,6-7,9-12H2,1H3,(H2,20,21,23). The van der Waals surface area contributed by atoms with Gasteiger partial charge in [0.15, 0.2) is 0 Å². The van der Waals surface area contributed by atoms with Gasteiger partial charge in [0.2, 0.25) is 0 Å². The van der Waals surface area contributed by atoms with Crippen LogP contribution in [-0.2, 0) is 0 Å². The lowest BCUT2D eigenvalue weighted by Gasteiger charge is -2.49. The fraction of sp³-hybridized carbons (Fsp3) is 0.632. The minimum absolute atomic E-state index is 0.0535. The summed E-state index contributed by atoms with van der Waals surface area (Å²) in [5.41, 5.74) is 2.00. The molecule has 3 fully saturated rings. The van der Waals surface area contributed by atoms with E-state index < -0.39 is 0 Å². The van der Waals surface area contributed by atoms with Crippen molar-refractivity contribution in [3.8, 4) is 0 Å². The van der Waals surface area contributed by atoms with Crippen molar-refractivity contribution in [2.75, 3.05) is 5.32 Å². The van der Waals surface area contributed by atoms with Gasteiger partial charge in [-0.1, -0.05) is 24.6 Å². The van der Waals surface area contributed by atoms with Crippen LogP contribution in [0, 0.1) is 6.92 Å². The monoisotopic (exact) mass is 313 g/mol. The van der Waals surface area contributed by atoms with Crippen LogP contribution in [0.5, 0.6) is 0 Å². The maximum Gasteiger partial charge on any atom is 0.319 e. The van der Waals surface area contributed by atoms with E-state index in [1.807, 2.05) is 31.2 Å². The normalized spacial score (nSPS) is 30.7. The first kappa shape index (κ1) is 15.0. The Morgan fingerprint density at radius 3 is 2.39 bits per heavy atom. The Morgan fingerprint density at radius 1 is 1.04 bits per heavy atom. The summed E-state index contributed by atoms with van der Waals surface area (Å²) in [7, 11) is 0. The predicted molar refractivity (Wildman–Crippen MR) is 92.6 cm³/mol. The van der Waals surface area contributed by atoms with Crippen molar-refractivity contribution >= 4 is 11.7 Å². The smallest absolute Gasteiger partial charge is 0.319 e. The van der Waals surface area contributed by atoms with E-state index in [1.54, 1.807) is 0 Å². The van der Waals surface area contributed by atoms with Crippen LogP contribution in [0.1, 0.15) is 50.5 Å². The third kappa shape index (κ3) is 3.23. The molecule has 124 valence electrons. The summed E-state index contributed by atoms with van der Waals surface area (Å²) in [5, 5.41) is 6.23. The number of amides is 2. The van der Waals surface area contributed by atoms with Gasteiger partial charge in [0.05, 0.1) is 0 Å². The van der Waals surface area contributed by atoms with E-state index in [4.69, 9.17) is 0 Å². The molecule has 2 atom stereocenters. The quantitative estimate of drug-likeness (QED) is 0.894. The third-order valence-electron chi connectivity index (χ3n) is 5.73. The molecule has 2 saturated heterocycles. The molecule has 2 N–H and O–H groups in total. The van der Waals surface area contributed by atoms with Crippen LogP contribution >= 0.6 is 0 Å². The molecule has 0 radical (unpaired) electrons. The highest BCUT2D eigenvalue weighted by Gasteiger charge is 2.45. The van der Waals surface area contributed by atoms with Crippen LogP contribution < -0.4 is 10.6 Å². The van der Waals surface area contributed by atoms with Gasteiger partial charge in [-0.15, -0.1) is 0 Å². The Morgan fingerprint density at radius 2 is 1.74 bits per heavy atom. The largest absolute Gasteiger partial charge is 0.335 e. The third-order valence-corrected chi connectivity index (χ3v) is 5.73. The maximum atomic E-state index is 12.3. The molecular weight excluding hydrogens is 286 g/mol. The minimum atomic E-state index is -0.0535. The number of piperidine rings is 2. The number of nitrogens with one attached hydrogen (secondary N) is 2. The first-order valence-corrected chi connectivity index (χ1v) is 9.11. The van der Waals surface area contributed by atoms with E-state index in [0.29, 0.717) is 18.1 Å². The van der Waals surface area contributed by atoms with E-state index in [-0.39, 0.29) is 6.03 Å². The Kier molecular flexibility index (Phi) is 4.02. The molecule has 1 saturated carbocycles. The van der Waals surface area contributed by atoms with E-state index in [0.717, 1.165) is 30.1 Å². The van der Waals surface area contributed by atoms with E-state index >= 15 is 0 Å². The molecule has 0 aromatic heterocycles. The van der Waals surface area contributed by atoms with Crippen LogP contribution in [0.2, 0.25) is 0 Å². The maximum absolute atomic E-state index is 12.3. The highest BCUT2D eigenvalue weighted by molar-refractivity contribution is 5.90. The highest BCUT2D eigenvalue weighted by atomic mass is 16.2. The zero-order valence-corrected chi connectivity index (χ0v) is 13.9. The van der Waals surface area contributed by atoms with Crippen molar-refractivity contribution < 1.29 is 4.79 Å². The van der Waals surface area contributed by atoms with Gasteiger partial charge in [0.1, 0.15) is 0 Å². The second-order valence-corrected chi connectivity index (χ2v) is 7.50. The summed E-state index contributed by atoms with van der Waals surface area (Å²) >= 11 is 0. The molecule has 1 aliphatic carbocycles. The number of aryl methyl sites for hydroxylation is 1. The van der Waals surface area contributed by atoms with Gasteiger partial charge in [-0.25, -0.2) is 4.79 Å². The van der Waals surface area contributed by atoms with Gasteiger partial charge in [0.25, 0.3) is 0 Å². The van der Waals surface area contributed by atoms with Gasteiger partial charge in [-0.3, -0.25) is 4.90 Å². The van der Waals surface area contributed by atoms with Gasteiger partial charge < -0.3 is 10.6 Å². The zero-order valence-electron chi connectivity index (χ0n) is 13.9. The molecule has 0 spiro atoms. The summed E-state index contributed by atoms with van der Waals surface area (Å²) in [6.07, 6.45) is 9.00.